The van der Waals surface area contributed by atoms with Crippen LogP contribution in [0.2, 0.25) is 0 Å². The van der Waals surface area contributed by atoms with Gasteiger partial charge in [-0.25, -0.2) is 4.79 Å². The molecule has 94 valence electrons. The Hall–Kier alpha value is -2.22. The Morgan fingerprint density at radius 2 is 2.28 bits per heavy atom. The molecule has 0 aromatic heterocycles. The van der Waals surface area contributed by atoms with Gasteiger partial charge in [-0.15, -0.1) is 0 Å². The van der Waals surface area contributed by atoms with E-state index < -0.39 is 5.97 Å². The SMILES string of the molecule is N#CCC1(COc2cccc(N)c2C(=O)O)CC1. The fourth-order valence-electron chi connectivity index (χ4n) is 1.84. The van der Waals surface area contributed by atoms with Crippen molar-refractivity contribution in [2.24, 2.45) is 5.41 Å². The number of carbonyl (C=O) groups is 1. The molecule has 5 nitrogen and oxygen atoms in total. The molecule has 1 aromatic carbocycles. The lowest BCUT2D eigenvalue weighted by Crippen LogP contribution is -2.15. The van der Waals surface area contributed by atoms with Crippen LogP contribution in [0, 0.1) is 16.7 Å². The van der Waals surface area contributed by atoms with Crippen molar-refractivity contribution in [3.63, 3.8) is 0 Å². The third-order valence-electron chi connectivity index (χ3n) is 3.22. The molecule has 1 fully saturated rings. The lowest BCUT2D eigenvalue weighted by molar-refractivity contribution is 0.0692. The molecule has 0 saturated heterocycles. The first-order chi connectivity index (χ1) is 8.58. The summed E-state index contributed by atoms with van der Waals surface area (Å²) in [4.78, 5) is 11.1. The van der Waals surface area contributed by atoms with Gasteiger partial charge in [0, 0.05) is 17.5 Å². The molecule has 0 heterocycles. The molecule has 0 radical (unpaired) electrons. The highest BCUT2D eigenvalue weighted by Gasteiger charge is 2.43. The van der Waals surface area contributed by atoms with Gasteiger partial charge in [0.2, 0.25) is 0 Å². The summed E-state index contributed by atoms with van der Waals surface area (Å²) in [5.41, 5.74) is 5.71. The lowest BCUT2D eigenvalue weighted by atomic mass is 10.1. The number of carboxylic acid groups (broad SMARTS) is 1. The van der Waals surface area contributed by atoms with Gasteiger partial charge in [0.1, 0.15) is 11.3 Å². The van der Waals surface area contributed by atoms with Gasteiger partial charge in [0.15, 0.2) is 0 Å². The number of anilines is 1. The number of nitriles is 1. The Kier molecular flexibility index (Phi) is 3.11. The summed E-state index contributed by atoms with van der Waals surface area (Å²) < 4.78 is 5.55. The van der Waals surface area contributed by atoms with Crippen LogP contribution >= 0.6 is 0 Å². The number of aromatic carboxylic acids is 1. The van der Waals surface area contributed by atoms with Gasteiger partial charge in [0.05, 0.1) is 12.7 Å². The monoisotopic (exact) mass is 246 g/mol. The van der Waals surface area contributed by atoms with E-state index in [0.29, 0.717) is 13.0 Å². The molecule has 0 unspecified atom stereocenters. The van der Waals surface area contributed by atoms with E-state index in [0.717, 1.165) is 12.8 Å². The van der Waals surface area contributed by atoms with Gasteiger partial charge < -0.3 is 15.6 Å². The second-order valence-corrected chi connectivity index (χ2v) is 4.65. The van der Waals surface area contributed by atoms with Crippen LogP contribution in [0.4, 0.5) is 5.69 Å². The topological polar surface area (TPSA) is 96.3 Å². The van der Waals surface area contributed by atoms with Crippen LogP contribution in [-0.2, 0) is 0 Å². The van der Waals surface area contributed by atoms with E-state index >= 15 is 0 Å². The molecule has 0 bridgehead atoms. The third-order valence-corrected chi connectivity index (χ3v) is 3.22. The number of rotatable bonds is 5. The highest BCUT2D eigenvalue weighted by molar-refractivity contribution is 5.96. The summed E-state index contributed by atoms with van der Waals surface area (Å²) in [6.45, 7) is 0.365. The first-order valence-corrected chi connectivity index (χ1v) is 5.69. The highest BCUT2D eigenvalue weighted by Crippen LogP contribution is 2.48. The quantitative estimate of drug-likeness (QED) is 0.775. The Balaban J connectivity index is 2.13. The lowest BCUT2D eigenvalue weighted by Gasteiger charge is -2.15. The number of hydrogen-bond acceptors (Lipinski definition) is 4. The molecule has 3 N–H and O–H groups in total. The molecule has 18 heavy (non-hydrogen) atoms. The van der Waals surface area contributed by atoms with Crippen molar-refractivity contribution in [1.29, 1.82) is 5.26 Å². The van der Waals surface area contributed by atoms with Crippen LogP contribution in [0.5, 0.6) is 5.75 Å². The minimum Gasteiger partial charge on any atom is -0.492 e. The van der Waals surface area contributed by atoms with Gasteiger partial charge in [0.25, 0.3) is 0 Å². The molecule has 1 aromatic rings. The maximum Gasteiger partial charge on any atom is 0.341 e. The van der Waals surface area contributed by atoms with Crippen LogP contribution in [0.1, 0.15) is 29.6 Å². The van der Waals surface area contributed by atoms with Crippen LogP contribution in [0.15, 0.2) is 18.2 Å². The number of nitrogen functional groups attached to an aromatic ring is 1. The van der Waals surface area contributed by atoms with Gasteiger partial charge >= 0.3 is 5.97 Å². The van der Waals surface area contributed by atoms with E-state index in [1.54, 1.807) is 12.1 Å². The van der Waals surface area contributed by atoms with Gasteiger partial charge in [-0.2, -0.15) is 5.26 Å². The van der Waals surface area contributed by atoms with E-state index in [2.05, 4.69) is 6.07 Å². The van der Waals surface area contributed by atoms with E-state index in [-0.39, 0.29) is 22.4 Å². The summed E-state index contributed by atoms with van der Waals surface area (Å²) in [6.07, 6.45) is 2.34. The number of hydrogen-bond donors (Lipinski definition) is 2. The summed E-state index contributed by atoms with van der Waals surface area (Å²) in [5, 5.41) is 17.8. The minimum atomic E-state index is -1.10. The number of nitrogens with two attached hydrogens (primary N) is 1. The van der Waals surface area contributed by atoms with Crippen molar-refractivity contribution < 1.29 is 14.6 Å². The molecule has 0 amide bonds. The Bertz CT molecular complexity index is 515. The standard InChI is InChI=1S/C13H14N2O3/c14-7-6-13(4-5-13)8-18-10-3-1-2-9(15)11(10)12(16)17/h1-3H,4-6,8,15H2,(H,16,17). The molecule has 0 atom stereocenters. The average molecular weight is 246 g/mol. The van der Waals surface area contributed by atoms with Gasteiger partial charge in [-0.05, 0) is 25.0 Å². The summed E-state index contributed by atoms with van der Waals surface area (Å²) in [6, 6.07) is 6.90. The van der Waals surface area contributed by atoms with Crippen LogP contribution < -0.4 is 10.5 Å². The van der Waals surface area contributed by atoms with Crippen LogP contribution in [0.25, 0.3) is 0 Å². The van der Waals surface area contributed by atoms with E-state index in [9.17, 15) is 4.79 Å². The molecular weight excluding hydrogens is 232 g/mol. The van der Waals surface area contributed by atoms with Crippen LogP contribution in [-0.4, -0.2) is 17.7 Å². The van der Waals surface area contributed by atoms with Crippen molar-refractivity contribution in [3.05, 3.63) is 23.8 Å². The van der Waals surface area contributed by atoms with Crippen molar-refractivity contribution in [2.75, 3.05) is 12.3 Å². The Morgan fingerprint density at radius 1 is 1.56 bits per heavy atom. The predicted octanol–water partition coefficient (Wildman–Crippen LogP) is 2.04. The molecule has 1 saturated carbocycles. The van der Waals surface area contributed by atoms with Gasteiger partial charge in [-0.1, -0.05) is 6.07 Å². The fourth-order valence-corrected chi connectivity index (χ4v) is 1.84. The second-order valence-electron chi connectivity index (χ2n) is 4.65. The normalized spacial score (nSPS) is 15.7. The van der Waals surface area contributed by atoms with Crippen molar-refractivity contribution in [2.45, 2.75) is 19.3 Å². The molecule has 1 aliphatic rings. The zero-order valence-electron chi connectivity index (χ0n) is 9.85. The number of carboxylic acids is 1. The number of ether oxygens (including phenoxy) is 1. The third kappa shape index (κ3) is 2.38. The molecule has 2 rings (SSSR count). The molecular formula is C13H14N2O3. The molecule has 0 aliphatic heterocycles. The minimum absolute atomic E-state index is 0.00902. The first-order valence-electron chi connectivity index (χ1n) is 5.69. The maximum atomic E-state index is 11.1. The zero-order chi connectivity index (χ0) is 13.2. The maximum absolute atomic E-state index is 11.1. The predicted molar refractivity (Wildman–Crippen MR) is 65.2 cm³/mol. The summed E-state index contributed by atoms with van der Waals surface area (Å²) in [7, 11) is 0. The van der Waals surface area contributed by atoms with Crippen molar-refractivity contribution in [1.82, 2.24) is 0 Å². The Labute approximate surface area is 105 Å². The van der Waals surface area contributed by atoms with E-state index in [4.69, 9.17) is 20.8 Å². The Morgan fingerprint density at radius 3 is 2.83 bits per heavy atom. The average Bonchev–Trinajstić information content (AvgIpc) is 3.07. The first kappa shape index (κ1) is 12.2. The second kappa shape index (κ2) is 4.57. The zero-order valence-corrected chi connectivity index (χ0v) is 9.85. The highest BCUT2D eigenvalue weighted by atomic mass is 16.5. The number of benzene rings is 1. The van der Waals surface area contributed by atoms with Crippen LogP contribution in [0.3, 0.4) is 0 Å². The summed E-state index contributed by atoms with van der Waals surface area (Å²) >= 11 is 0. The number of nitrogens with zero attached hydrogens (tertiary/aromatic N) is 1. The smallest absolute Gasteiger partial charge is 0.341 e. The molecule has 0 spiro atoms. The largest absolute Gasteiger partial charge is 0.492 e. The van der Waals surface area contributed by atoms with Crippen molar-refractivity contribution in [3.8, 4) is 11.8 Å². The van der Waals surface area contributed by atoms with E-state index in [1.807, 2.05) is 0 Å². The fraction of sp³-hybridized carbons (Fsp3) is 0.385. The van der Waals surface area contributed by atoms with Gasteiger partial charge in [-0.3, -0.25) is 0 Å². The molecule has 5 heteroatoms. The molecule has 1 aliphatic carbocycles. The summed E-state index contributed by atoms with van der Waals surface area (Å²) in [5.74, 6) is -0.833. The van der Waals surface area contributed by atoms with Crippen molar-refractivity contribution >= 4 is 11.7 Å². The van der Waals surface area contributed by atoms with E-state index in [1.165, 1.54) is 6.07 Å².